The quantitative estimate of drug-likeness (QED) is 0.542. The number of likely N-dealkylation sites (N-methyl/N-ethyl adjacent to an activating group) is 1. The molecule has 5 nitrogen and oxygen atoms in total. The lowest BCUT2D eigenvalue weighted by molar-refractivity contribution is -0.117. The highest BCUT2D eigenvalue weighted by molar-refractivity contribution is 7.10. The van der Waals surface area contributed by atoms with Crippen molar-refractivity contribution in [3.05, 3.63) is 82.6 Å². The molecule has 2 heterocycles. The molecule has 6 heteroatoms. The van der Waals surface area contributed by atoms with Crippen molar-refractivity contribution in [2.75, 3.05) is 50.0 Å². The van der Waals surface area contributed by atoms with E-state index in [1.54, 1.807) is 11.3 Å². The molecule has 0 saturated carbocycles. The number of nitrogens with one attached hydrogen (secondary N) is 1. The molecular weight excluding hydrogens is 416 g/mol. The molecule has 2 aromatic carbocycles. The summed E-state index contributed by atoms with van der Waals surface area (Å²) in [5.74, 6) is 0.0122. The molecule has 32 heavy (non-hydrogen) atoms. The Labute approximate surface area is 195 Å². The Morgan fingerprint density at radius 1 is 1.00 bits per heavy atom. The van der Waals surface area contributed by atoms with E-state index in [1.165, 1.54) is 16.1 Å². The summed E-state index contributed by atoms with van der Waals surface area (Å²) in [6, 6.07) is 23.3. The fourth-order valence-electron chi connectivity index (χ4n) is 4.07. The van der Waals surface area contributed by atoms with Gasteiger partial charge in [0, 0.05) is 55.0 Å². The van der Waals surface area contributed by atoms with E-state index in [0.717, 1.165) is 38.4 Å². The van der Waals surface area contributed by atoms with E-state index in [4.69, 9.17) is 0 Å². The molecule has 1 aliphatic heterocycles. The number of rotatable bonds is 8. The maximum absolute atomic E-state index is 12.5. The first-order valence-electron chi connectivity index (χ1n) is 11.2. The fourth-order valence-corrected chi connectivity index (χ4v) is 4.92. The van der Waals surface area contributed by atoms with Gasteiger partial charge in [0.25, 0.3) is 0 Å². The highest BCUT2D eigenvalue weighted by Crippen LogP contribution is 2.24. The lowest BCUT2D eigenvalue weighted by Crippen LogP contribution is -2.45. The second-order valence-corrected chi connectivity index (χ2v) is 9.43. The van der Waals surface area contributed by atoms with Crippen molar-refractivity contribution < 1.29 is 4.79 Å². The molecule has 4 rings (SSSR count). The second-order valence-electron chi connectivity index (χ2n) is 8.45. The number of benzene rings is 2. The Hall–Kier alpha value is -2.67. The molecule has 1 saturated heterocycles. The molecule has 3 aromatic rings. The van der Waals surface area contributed by atoms with Gasteiger partial charge in [0.1, 0.15) is 0 Å². The highest BCUT2D eigenvalue weighted by atomic mass is 32.1. The topological polar surface area (TPSA) is 38.8 Å². The van der Waals surface area contributed by atoms with Crippen LogP contribution in [0.25, 0.3) is 0 Å². The third-order valence-electron chi connectivity index (χ3n) is 6.15. The van der Waals surface area contributed by atoms with Crippen molar-refractivity contribution in [1.29, 1.82) is 0 Å². The van der Waals surface area contributed by atoms with Gasteiger partial charge < -0.3 is 10.2 Å². The zero-order valence-electron chi connectivity index (χ0n) is 18.9. The average molecular weight is 449 g/mol. The maximum atomic E-state index is 12.5. The normalized spacial score (nSPS) is 15.7. The molecule has 0 radical (unpaired) electrons. The van der Waals surface area contributed by atoms with Crippen LogP contribution >= 0.6 is 11.3 Å². The van der Waals surface area contributed by atoms with Crippen LogP contribution in [0.1, 0.15) is 23.4 Å². The standard InChI is InChI=1S/C26H32N4OS/c1-21(25-9-6-18-32-25)28(2)20-26(31)27-23-10-12-24(13-11-23)30-16-14-29(15-17-30)19-22-7-4-3-5-8-22/h3-13,18,21H,14-17,19-20H2,1-2H3,(H,27,31). The first kappa shape index (κ1) is 22.5. The molecule has 1 amide bonds. The van der Waals surface area contributed by atoms with E-state index in [9.17, 15) is 4.79 Å². The summed E-state index contributed by atoms with van der Waals surface area (Å²) < 4.78 is 0. The molecule has 1 fully saturated rings. The van der Waals surface area contributed by atoms with Gasteiger partial charge in [0.15, 0.2) is 0 Å². The van der Waals surface area contributed by atoms with E-state index in [1.807, 2.05) is 19.2 Å². The Bertz CT molecular complexity index is 967. The summed E-state index contributed by atoms with van der Waals surface area (Å²) in [6.07, 6.45) is 0. The van der Waals surface area contributed by atoms with E-state index in [2.05, 4.69) is 86.9 Å². The van der Waals surface area contributed by atoms with Crippen molar-refractivity contribution in [2.24, 2.45) is 0 Å². The molecule has 1 atom stereocenters. The summed E-state index contributed by atoms with van der Waals surface area (Å²) in [7, 11) is 1.99. The average Bonchev–Trinajstić information content (AvgIpc) is 3.35. The second kappa shape index (κ2) is 10.8. The van der Waals surface area contributed by atoms with Crippen LogP contribution in [0.5, 0.6) is 0 Å². The number of hydrogen-bond acceptors (Lipinski definition) is 5. The smallest absolute Gasteiger partial charge is 0.238 e. The number of carbonyl (C=O) groups excluding carboxylic acids is 1. The number of piperazine rings is 1. The number of thiophene rings is 1. The SMILES string of the molecule is CC(c1cccs1)N(C)CC(=O)Nc1ccc(N2CCN(Cc3ccccc3)CC2)cc1. The van der Waals surface area contributed by atoms with Gasteiger partial charge in [-0.1, -0.05) is 36.4 Å². The number of hydrogen-bond donors (Lipinski definition) is 1. The van der Waals surface area contributed by atoms with E-state index < -0.39 is 0 Å². The van der Waals surface area contributed by atoms with Crippen LogP contribution < -0.4 is 10.2 Å². The van der Waals surface area contributed by atoms with Gasteiger partial charge in [-0.05, 0) is 55.2 Å². The molecule has 1 unspecified atom stereocenters. The third-order valence-corrected chi connectivity index (χ3v) is 7.19. The summed E-state index contributed by atoms with van der Waals surface area (Å²) in [5.41, 5.74) is 3.43. The molecule has 0 bridgehead atoms. The molecule has 1 aromatic heterocycles. The van der Waals surface area contributed by atoms with Crippen LogP contribution in [0, 0.1) is 0 Å². The van der Waals surface area contributed by atoms with Gasteiger partial charge in [-0.25, -0.2) is 0 Å². The molecule has 1 aliphatic rings. The number of anilines is 2. The van der Waals surface area contributed by atoms with Crippen molar-refractivity contribution >= 4 is 28.6 Å². The molecule has 168 valence electrons. The Morgan fingerprint density at radius 3 is 2.38 bits per heavy atom. The summed E-state index contributed by atoms with van der Waals surface area (Å²) in [5, 5.41) is 5.11. The minimum Gasteiger partial charge on any atom is -0.369 e. The van der Waals surface area contributed by atoms with Crippen LogP contribution in [0.2, 0.25) is 0 Å². The van der Waals surface area contributed by atoms with Gasteiger partial charge in [0.2, 0.25) is 5.91 Å². The lowest BCUT2D eigenvalue weighted by atomic mass is 10.2. The van der Waals surface area contributed by atoms with Gasteiger partial charge >= 0.3 is 0 Å². The predicted octanol–water partition coefficient (Wildman–Crippen LogP) is 4.70. The molecular formula is C26H32N4OS. The van der Waals surface area contributed by atoms with Gasteiger partial charge in [0.05, 0.1) is 6.54 Å². The van der Waals surface area contributed by atoms with E-state index in [0.29, 0.717) is 6.54 Å². The number of carbonyl (C=O) groups is 1. The first-order chi connectivity index (χ1) is 15.6. The first-order valence-corrected chi connectivity index (χ1v) is 12.1. The number of amides is 1. The Kier molecular flexibility index (Phi) is 7.58. The summed E-state index contributed by atoms with van der Waals surface area (Å²) in [4.78, 5) is 20.8. The van der Waals surface area contributed by atoms with Crippen LogP contribution in [0.4, 0.5) is 11.4 Å². The fraction of sp³-hybridized carbons (Fsp3) is 0.346. The zero-order valence-corrected chi connectivity index (χ0v) is 19.7. The predicted molar refractivity (Wildman–Crippen MR) is 134 cm³/mol. The van der Waals surface area contributed by atoms with E-state index in [-0.39, 0.29) is 11.9 Å². The van der Waals surface area contributed by atoms with Crippen molar-refractivity contribution in [3.63, 3.8) is 0 Å². The number of nitrogens with zero attached hydrogens (tertiary/aromatic N) is 3. The van der Waals surface area contributed by atoms with Crippen LogP contribution in [-0.2, 0) is 11.3 Å². The summed E-state index contributed by atoms with van der Waals surface area (Å²) >= 11 is 1.72. The van der Waals surface area contributed by atoms with Crippen molar-refractivity contribution in [3.8, 4) is 0 Å². The Balaban J connectivity index is 1.24. The lowest BCUT2D eigenvalue weighted by Gasteiger charge is -2.36. The maximum Gasteiger partial charge on any atom is 0.238 e. The summed E-state index contributed by atoms with van der Waals surface area (Å²) in [6.45, 7) is 7.66. The third kappa shape index (κ3) is 5.97. The largest absolute Gasteiger partial charge is 0.369 e. The monoisotopic (exact) mass is 448 g/mol. The molecule has 0 aliphatic carbocycles. The van der Waals surface area contributed by atoms with Crippen LogP contribution in [0.3, 0.4) is 0 Å². The van der Waals surface area contributed by atoms with Crippen LogP contribution in [0.15, 0.2) is 72.1 Å². The van der Waals surface area contributed by atoms with Crippen LogP contribution in [-0.4, -0.2) is 55.5 Å². The van der Waals surface area contributed by atoms with Gasteiger partial charge in [-0.15, -0.1) is 11.3 Å². The Morgan fingerprint density at radius 2 is 1.72 bits per heavy atom. The highest BCUT2D eigenvalue weighted by Gasteiger charge is 2.18. The molecule has 0 spiro atoms. The zero-order chi connectivity index (χ0) is 22.3. The van der Waals surface area contributed by atoms with Gasteiger partial charge in [-0.3, -0.25) is 14.6 Å². The minimum absolute atomic E-state index is 0.0122. The van der Waals surface area contributed by atoms with Crippen molar-refractivity contribution in [2.45, 2.75) is 19.5 Å². The van der Waals surface area contributed by atoms with E-state index >= 15 is 0 Å². The molecule has 1 N–H and O–H groups in total. The minimum atomic E-state index is 0.0122. The van der Waals surface area contributed by atoms with Crippen molar-refractivity contribution in [1.82, 2.24) is 9.80 Å². The van der Waals surface area contributed by atoms with Gasteiger partial charge in [-0.2, -0.15) is 0 Å².